The molecule has 0 fully saturated rings. The van der Waals surface area contributed by atoms with E-state index < -0.39 is 0 Å². The van der Waals surface area contributed by atoms with Gasteiger partial charge in [-0.15, -0.1) is 0 Å². The van der Waals surface area contributed by atoms with Crippen LogP contribution in [0.4, 0.5) is 10.1 Å². The van der Waals surface area contributed by atoms with Crippen LogP contribution in [-0.4, -0.2) is 11.9 Å². The molecule has 3 heteroatoms. The molecular weight excluding hydrogens is 311 g/mol. The van der Waals surface area contributed by atoms with Crippen molar-refractivity contribution in [3.8, 4) is 0 Å². The molecule has 1 aliphatic rings. The Labute approximate surface area is 145 Å². The maximum absolute atomic E-state index is 13.2. The van der Waals surface area contributed by atoms with Crippen molar-refractivity contribution in [3.63, 3.8) is 0 Å². The van der Waals surface area contributed by atoms with Gasteiger partial charge in [-0.25, -0.2) is 9.38 Å². The van der Waals surface area contributed by atoms with Crippen molar-refractivity contribution in [2.45, 2.75) is 0 Å². The van der Waals surface area contributed by atoms with Crippen LogP contribution in [0.2, 0.25) is 0 Å². The number of rotatable bonds is 2. The van der Waals surface area contributed by atoms with Gasteiger partial charge in [-0.1, -0.05) is 60.7 Å². The fourth-order valence-electron chi connectivity index (χ4n) is 2.71. The number of hydrogen-bond acceptors (Lipinski definition) is 2. The molecular formula is C22H15FN2. The summed E-state index contributed by atoms with van der Waals surface area (Å²) in [6.45, 7) is 0. The Hall–Kier alpha value is -3.33. The average Bonchev–Trinajstić information content (AvgIpc) is 2.84. The number of benzene rings is 3. The highest BCUT2D eigenvalue weighted by Crippen LogP contribution is 2.26. The molecule has 0 bridgehead atoms. The maximum Gasteiger partial charge on any atom is 0.123 e. The van der Waals surface area contributed by atoms with Gasteiger partial charge in [0.15, 0.2) is 0 Å². The van der Waals surface area contributed by atoms with Crippen LogP contribution in [0.1, 0.15) is 16.7 Å². The summed E-state index contributed by atoms with van der Waals surface area (Å²) in [5.41, 5.74) is 5.26. The summed E-state index contributed by atoms with van der Waals surface area (Å²) in [6, 6.07) is 24.2. The van der Waals surface area contributed by atoms with E-state index in [2.05, 4.69) is 4.99 Å². The smallest absolute Gasteiger partial charge is 0.123 e. The van der Waals surface area contributed by atoms with Gasteiger partial charge >= 0.3 is 0 Å². The molecule has 0 saturated carbocycles. The minimum Gasteiger partial charge on any atom is -0.254 e. The van der Waals surface area contributed by atoms with Crippen LogP contribution < -0.4 is 0 Å². The topological polar surface area (TPSA) is 24.7 Å². The monoisotopic (exact) mass is 326 g/mol. The Morgan fingerprint density at radius 3 is 2.28 bits per heavy atom. The van der Waals surface area contributed by atoms with Crippen LogP contribution in [0.3, 0.4) is 0 Å². The Balaban J connectivity index is 1.88. The number of hydrogen-bond donors (Lipinski definition) is 0. The predicted octanol–water partition coefficient (Wildman–Crippen LogP) is 5.42. The van der Waals surface area contributed by atoms with Gasteiger partial charge in [-0.05, 0) is 29.8 Å². The average molecular weight is 326 g/mol. The van der Waals surface area contributed by atoms with Gasteiger partial charge in [0.05, 0.1) is 17.1 Å². The molecule has 120 valence electrons. The summed E-state index contributed by atoms with van der Waals surface area (Å²) >= 11 is 0. The lowest BCUT2D eigenvalue weighted by molar-refractivity contribution is 0.628. The molecule has 0 amide bonds. The van der Waals surface area contributed by atoms with Crippen LogP contribution in [0, 0.1) is 5.82 Å². The van der Waals surface area contributed by atoms with E-state index in [1.807, 2.05) is 66.9 Å². The van der Waals surface area contributed by atoms with Gasteiger partial charge in [0.2, 0.25) is 0 Å². The van der Waals surface area contributed by atoms with Crippen molar-refractivity contribution in [1.29, 1.82) is 0 Å². The van der Waals surface area contributed by atoms with Crippen molar-refractivity contribution in [2.75, 3.05) is 0 Å². The largest absolute Gasteiger partial charge is 0.254 e. The van der Waals surface area contributed by atoms with Crippen LogP contribution in [0.25, 0.3) is 6.08 Å². The number of para-hydroxylation sites is 1. The molecule has 0 saturated heterocycles. The van der Waals surface area contributed by atoms with E-state index in [0.717, 1.165) is 33.8 Å². The second-order valence-corrected chi connectivity index (χ2v) is 5.72. The van der Waals surface area contributed by atoms with Gasteiger partial charge in [0.25, 0.3) is 0 Å². The third kappa shape index (κ3) is 3.31. The molecule has 0 aliphatic carbocycles. The number of fused-ring (bicyclic) bond motifs is 1. The molecule has 1 aliphatic heterocycles. The molecule has 0 aromatic heterocycles. The zero-order valence-corrected chi connectivity index (χ0v) is 13.4. The molecule has 0 atom stereocenters. The molecule has 3 aromatic carbocycles. The van der Waals surface area contributed by atoms with Crippen LogP contribution in [-0.2, 0) is 0 Å². The van der Waals surface area contributed by atoms with Gasteiger partial charge < -0.3 is 0 Å². The van der Waals surface area contributed by atoms with Crippen molar-refractivity contribution >= 4 is 23.7 Å². The van der Waals surface area contributed by atoms with E-state index in [9.17, 15) is 4.39 Å². The van der Waals surface area contributed by atoms with Gasteiger partial charge in [0.1, 0.15) is 5.82 Å². The Morgan fingerprint density at radius 2 is 1.48 bits per heavy atom. The number of nitrogens with zero attached hydrogens (tertiary/aromatic N) is 2. The first kappa shape index (κ1) is 15.2. The fraction of sp³-hybridized carbons (Fsp3) is 0. The van der Waals surface area contributed by atoms with E-state index in [1.54, 1.807) is 12.1 Å². The van der Waals surface area contributed by atoms with E-state index in [1.165, 1.54) is 12.1 Å². The van der Waals surface area contributed by atoms with Crippen LogP contribution in [0.15, 0.2) is 94.5 Å². The van der Waals surface area contributed by atoms with Gasteiger partial charge in [-0.3, -0.25) is 4.99 Å². The summed E-state index contributed by atoms with van der Waals surface area (Å²) in [5.74, 6) is -0.254. The Kier molecular flexibility index (Phi) is 4.05. The molecule has 25 heavy (non-hydrogen) atoms. The van der Waals surface area contributed by atoms with Crippen molar-refractivity contribution < 1.29 is 4.39 Å². The summed E-state index contributed by atoms with van der Waals surface area (Å²) in [7, 11) is 0. The quantitative estimate of drug-likeness (QED) is 0.601. The first-order valence-electron chi connectivity index (χ1n) is 8.04. The highest BCUT2D eigenvalue weighted by Gasteiger charge is 2.14. The van der Waals surface area contributed by atoms with E-state index in [-0.39, 0.29) is 5.82 Å². The third-order valence-electron chi connectivity index (χ3n) is 3.97. The Morgan fingerprint density at radius 1 is 0.760 bits per heavy atom. The third-order valence-corrected chi connectivity index (χ3v) is 3.97. The normalized spacial score (nSPS) is 14.8. The molecule has 4 rings (SSSR count). The van der Waals surface area contributed by atoms with E-state index in [4.69, 9.17) is 4.99 Å². The molecule has 0 unspecified atom stereocenters. The highest BCUT2D eigenvalue weighted by atomic mass is 19.1. The molecule has 0 radical (unpaired) electrons. The second kappa shape index (κ2) is 6.65. The summed E-state index contributed by atoms with van der Waals surface area (Å²) in [5, 5.41) is 0. The van der Waals surface area contributed by atoms with Crippen molar-refractivity contribution in [2.24, 2.45) is 9.98 Å². The highest BCUT2D eigenvalue weighted by molar-refractivity contribution is 6.18. The predicted molar refractivity (Wildman–Crippen MR) is 101 cm³/mol. The first-order chi connectivity index (χ1) is 12.3. The van der Waals surface area contributed by atoms with E-state index in [0.29, 0.717) is 0 Å². The van der Waals surface area contributed by atoms with Gasteiger partial charge in [0, 0.05) is 17.3 Å². The molecule has 1 heterocycles. The Bertz CT molecular complexity index is 984. The minimum atomic E-state index is -0.254. The fourth-order valence-corrected chi connectivity index (χ4v) is 2.71. The lowest BCUT2D eigenvalue weighted by Crippen LogP contribution is -2.02. The molecule has 3 aromatic rings. The lowest BCUT2D eigenvalue weighted by Gasteiger charge is -2.07. The zero-order valence-electron chi connectivity index (χ0n) is 13.4. The maximum atomic E-state index is 13.2. The van der Waals surface area contributed by atoms with Gasteiger partial charge in [-0.2, -0.15) is 0 Å². The molecule has 2 nitrogen and oxygen atoms in total. The van der Waals surface area contributed by atoms with Crippen molar-refractivity contribution in [1.82, 2.24) is 0 Å². The number of halogens is 1. The number of allylic oxidation sites excluding steroid dienone is 1. The molecule has 0 spiro atoms. The number of aliphatic imine (C=N–C) groups is 2. The van der Waals surface area contributed by atoms with Crippen molar-refractivity contribution in [3.05, 3.63) is 107 Å². The second-order valence-electron chi connectivity index (χ2n) is 5.72. The standard InChI is InChI=1S/C22H15FN2/c23-19-12-10-16(11-13-19)14-21-22(17-6-2-1-3-7-17)25-20-9-5-4-8-18(20)15-24-21/h1-15H/b21-14-. The summed E-state index contributed by atoms with van der Waals surface area (Å²) < 4.78 is 13.2. The van der Waals surface area contributed by atoms with Crippen LogP contribution >= 0.6 is 0 Å². The lowest BCUT2D eigenvalue weighted by atomic mass is 10.1. The SMILES string of the molecule is Fc1ccc(/C=C2\N=Cc3ccccc3N=C2c2ccccc2)cc1. The van der Waals surface area contributed by atoms with E-state index >= 15 is 0 Å². The minimum absolute atomic E-state index is 0.254. The summed E-state index contributed by atoms with van der Waals surface area (Å²) in [4.78, 5) is 9.51. The first-order valence-corrected chi connectivity index (χ1v) is 8.04. The molecule has 0 N–H and O–H groups in total. The zero-order chi connectivity index (χ0) is 17.1. The van der Waals surface area contributed by atoms with Crippen LogP contribution in [0.5, 0.6) is 0 Å². The summed E-state index contributed by atoms with van der Waals surface area (Å²) in [6.07, 6.45) is 3.75.